The Morgan fingerprint density at radius 2 is 2.07 bits per heavy atom. The normalized spacial score (nSPS) is 20.3. The highest BCUT2D eigenvalue weighted by molar-refractivity contribution is 7.80. The molecule has 0 aliphatic carbocycles. The third-order valence-corrected chi connectivity index (χ3v) is 2.15. The molecule has 1 fully saturated rings. The van der Waals surface area contributed by atoms with Crippen LogP contribution in [0.15, 0.2) is 18.2 Å². The number of hydrazine groups is 1. The summed E-state index contributed by atoms with van der Waals surface area (Å²) in [5, 5.41) is 22.0. The van der Waals surface area contributed by atoms with Crippen LogP contribution in [0.1, 0.15) is 11.7 Å². The quantitative estimate of drug-likeness (QED) is 0.423. The lowest BCUT2D eigenvalue weighted by atomic mass is 10.1. The molecule has 1 aromatic rings. The van der Waals surface area contributed by atoms with Gasteiger partial charge in [-0.2, -0.15) is 0 Å². The number of hydrogen-bond acceptors (Lipinski definition) is 4. The van der Waals surface area contributed by atoms with Crippen molar-refractivity contribution in [1.82, 2.24) is 16.2 Å². The van der Waals surface area contributed by atoms with E-state index in [2.05, 4.69) is 16.2 Å². The summed E-state index contributed by atoms with van der Waals surface area (Å²) in [6, 6.07) is 4.39. The molecule has 5 N–H and O–H groups in total. The molecule has 1 aliphatic rings. The van der Waals surface area contributed by atoms with Crippen molar-refractivity contribution in [3.05, 3.63) is 23.8 Å². The molecule has 74 valence electrons. The largest absolute Gasteiger partial charge is 0.508 e. The summed E-state index contributed by atoms with van der Waals surface area (Å²) in [4.78, 5) is 0. The van der Waals surface area contributed by atoms with Gasteiger partial charge in [0.15, 0.2) is 5.11 Å². The van der Waals surface area contributed by atoms with Gasteiger partial charge in [0.05, 0.1) is 0 Å². The van der Waals surface area contributed by atoms with E-state index in [1.807, 2.05) is 0 Å². The molecule has 0 saturated carbocycles. The summed E-state index contributed by atoms with van der Waals surface area (Å²) in [6.45, 7) is 0. The van der Waals surface area contributed by atoms with E-state index >= 15 is 0 Å². The molecule has 2 rings (SSSR count). The summed E-state index contributed by atoms with van der Waals surface area (Å²) in [6.07, 6.45) is -0.275. The molecule has 1 atom stereocenters. The van der Waals surface area contributed by atoms with Gasteiger partial charge in [0.2, 0.25) is 0 Å². The molecule has 0 spiro atoms. The Bertz CT molecular complexity index is 383. The number of rotatable bonds is 1. The zero-order chi connectivity index (χ0) is 10.1. The first-order chi connectivity index (χ1) is 6.66. The number of thiocarbonyl (C=S) groups is 1. The first-order valence-electron chi connectivity index (χ1n) is 4.01. The van der Waals surface area contributed by atoms with Crippen molar-refractivity contribution in [3.63, 3.8) is 0 Å². The minimum Gasteiger partial charge on any atom is -0.508 e. The Kier molecular flexibility index (Phi) is 2.14. The maximum absolute atomic E-state index is 9.53. The van der Waals surface area contributed by atoms with E-state index in [0.717, 1.165) is 0 Å². The Labute approximate surface area is 85.7 Å². The average molecular weight is 211 g/mol. The van der Waals surface area contributed by atoms with Crippen molar-refractivity contribution in [2.24, 2.45) is 0 Å². The van der Waals surface area contributed by atoms with E-state index in [0.29, 0.717) is 10.7 Å². The lowest BCUT2D eigenvalue weighted by molar-refractivity contribution is 0.432. The number of nitrogens with one attached hydrogen (secondary N) is 3. The molecule has 0 amide bonds. The van der Waals surface area contributed by atoms with E-state index in [9.17, 15) is 5.11 Å². The third-order valence-electron chi connectivity index (χ3n) is 1.93. The van der Waals surface area contributed by atoms with Gasteiger partial charge in [-0.25, -0.2) is 5.43 Å². The van der Waals surface area contributed by atoms with Gasteiger partial charge in [-0.15, -0.1) is 0 Å². The molecule has 1 unspecified atom stereocenters. The summed E-state index contributed by atoms with van der Waals surface area (Å²) in [7, 11) is 0. The maximum Gasteiger partial charge on any atom is 0.182 e. The second-order valence-corrected chi connectivity index (χ2v) is 3.33. The second kappa shape index (κ2) is 3.32. The van der Waals surface area contributed by atoms with Crippen LogP contribution in [0.25, 0.3) is 0 Å². The van der Waals surface area contributed by atoms with Crippen LogP contribution in [0.5, 0.6) is 11.5 Å². The zero-order valence-corrected chi connectivity index (χ0v) is 7.93. The molecule has 0 bridgehead atoms. The van der Waals surface area contributed by atoms with Crippen LogP contribution >= 0.6 is 12.2 Å². The third kappa shape index (κ3) is 1.57. The van der Waals surface area contributed by atoms with Gasteiger partial charge in [-0.05, 0) is 24.4 Å². The summed E-state index contributed by atoms with van der Waals surface area (Å²) >= 11 is 4.85. The summed E-state index contributed by atoms with van der Waals surface area (Å²) in [5.41, 5.74) is 6.17. The van der Waals surface area contributed by atoms with Crippen LogP contribution < -0.4 is 16.2 Å². The number of aromatic hydroxyl groups is 2. The molecular formula is C8H9N3O2S. The molecule has 1 aliphatic heterocycles. The van der Waals surface area contributed by atoms with Crippen molar-refractivity contribution in [2.75, 3.05) is 0 Å². The molecule has 6 heteroatoms. The van der Waals surface area contributed by atoms with Gasteiger partial charge in [0.25, 0.3) is 0 Å². The molecule has 0 aromatic heterocycles. The van der Waals surface area contributed by atoms with Gasteiger partial charge < -0.3 is 15.5 Å². The van der Waals surface area contributed by atoms with Crippen molar-refractivity contribution in [3.8, 4) is 11.5 Å². The smallest absolute Gasteiger partial charge is 0.182 e. The molecule has 1 heterocycles. The number of phenolic OH excluding ortho intramolecular Hbond substituents is 2. The summed E-state index contributed by atoms with van der Waals surface area (Å²) < 4.78 is 0. The molecule has 1 saturated heterocycles. The molecule has 0 radical (unpaired) electrons. The Balaban J connectivity index is 2.28. The van der Waals surface area contributed by atoms with Gasteiger partial charge in [-0.1, -0.05) is 0 Å². The first kappa shape index (κ1) is 9.04. The van der Waals surface area contributed by atoms with Gasteiger partial charge >= 0.3 is 0 Å². The Morgan fingerprint density at radius 1 is 1.29 bits per heavy atom. The molecule has 14 heavy (non-hydrogen) atoms. The van der Waals surface area contributed by atoms with Crippen LogP contribution in [-0.4, -0.2) is 15.3 Å². The predicted octanol–water partition coefficient (Wildman–Crippen LogP) is 0.0787. The predicted molar refractivity (Wildman–Crippen MR) is 54.5 cm³/mol. The Hall–Kier alpha value is -1.53. The SMILES string of the molecule is Oc1ccc(C2NNC(=S)N2)c(O)c1. The van der Waals surface area contributed by atoms with Crippen molar-refractivity contribution in [1.29, 1.82) is 0 Å². The highest BCUT2D eigenvalue weighted by Gasteiger charge is 2.21. The Morgan fingerprint density at radius 3 is 2.64 bits per heavy atom. The zero-order valence-electron chi connectivity index (χ0n) is 7.11. The van der Waals surface area contributed by atoms with Crippen LogP contribution in [-0.2, 0) is 0 Å². The monoisotopic (exact) mass is 211 g/mol. The minimum atomic E-state index is -0.275. The number of hydrogen-bond donors (Lipinski definition) is 5. The van der Waals surface area contributed by atoms with E-state index in [1.165, 1.54) is 12.1 Å². The van der Waals surface area contributed by atoms with Crippen molar-refractivity contribution >= 4 is 17.3 Å². The fourth-order valence-corrected chi connectivity index (χ4v) is 1.45. The molecule has 5 nitrogen and oxygen atoms in total. The lowest BCUT2D eigenvalue weighted by Gasteiger charge is -2.11. The van der Waals surface area contributed by atoms with Crippen molar-refractivity contribution < 1.29 is 10.2 Å². The van der Waals surface area contributed by atoms with Crippen LogP contribution in [0.4, 0.5) is 0 Å². The standard InChI is InChI=1S/C8H9N3O2S/c12-4-1-2-5(6(13)3-4)7-9-8(14)11-10-7/h1-3,7,10,12-13H,(H2,9,11,14). The minimum absolute atomic E-state index is 0.0153. The fraction of sp³-hybridized carbons (Fsp3) is 0.125. The number of benzene rings is 1. The fourth-order valence-electron chi connectivity index (χ4n) is 1.27. The van der Waals surface area contributed by atoms with Crippen LogP contribution in [0.2, 0.25) is 0 Å². The van der Waals surface area contributed by atoms with Gasteiger partial charge in [-0.3, -0.25) is 5.43 Å². The van der Waals surface area contributed by atoms with E-state index < -0.39 is 0 Å². The van der Waals surface area contributed by atoms with Crippen LogP contribution in [0, 0.1) is 0 Å². The van der Waals surface area contributed by atoms with Gasteiger partial charge in [0, 0.05) is 11.6 Å². The van der Waals surface area contributed by atoms with E-state index in [1.54, 1.807) is 6.07 Å². The van der Waals surface area contributed by atoms with Crippen LogP contribution in [0.3, 0.4) is 0 Å². The lowest BCUT2D eigenvalue weighted by Crippen LogP contribution is -2.26. The highest BCUT2D eigenvalue weighted by Crippen LogP contribution is 2.27. The first-order valence-corrected chi connectivity index (χ1v) is 4.41. The van der Waals surface area contributed by atoms with Gasteiger partial charge in [0.1, 0.15) is 17.7 Å². The highest BCUT2D eigenvalue weighted by atomic mass is 32.1. The molecule has 1 aromatic carbocycles. The van der Waals surface area contributed by atoms with E-state index in [4.69, 9.17) is 17.3 Å². The summed E-state index contributed by atoms with van der Waals surface area (Å²) in [5.74, 6) is 0.0429. The topological polar surface area (TPSA) is 76.5 Å². The maximum atomic E-state index is 9.53. The second-order valence-electron chi connectivity index (χ2n) is 2.92. The average Bonchev–Trinajstić information content (AvgIpc) is 2.51. The van der Waals surface area contributed by atoms with Crippen molar-refractivity contribution in [2.45, 2.75) is 6.17 Å². The number of phenols is 2. The van der Waals surface area contributed by atoms with E-state index in [-0.39, 0.29) is 17.7 Å². The molecular weight excluding hydrogens is 202 g/mol.